The van der Waals surface area contributed by atoms with Crippen LogP contribution in [-0.4, -0.2) is 36.3 Å². The first-order valence-electron chi connectivity index (χ1n) is 7.90. The summed E-state index contributed by atoms with van der Waals surface area (Å²) in [7, 11) is 0. The molecule has 1 N–H and O–H groups in total. The molecule has 0 unspecified atom stereocenters. The van der Waals surface area contributed by atoms with Crippen LogP contribution < -0.4 is 5.32 Å². The molecule has 126 valence electrons. The van der Waals surface area contributed by atoms with E-state index in [4.69, 9.17) is 23.2 Å². The van der Waals surface area contributed by atoms with Gasteiger partial charge in [0.25, 0.3) is 5.91 Å². The van der Waals surface area contributed by atoms with Crippen LogP contribution in [0.2, 0.25) is 10.0 Å². The highest BCUT2D eigenvalue weighted by atomic mass is 35.5. The normalized spacial score (nSPS) is 15.8. The maximum Gasteiger partial charge on any atom is 0.253 e. The van der Waals surface area contributed by atoms with E-state index in [1.54, 1.807) is 23.1 Å². The van der Waals surface area contributed by atoms with Gasteiger partial charge in [0.1, 0.15) is 0 Å². The van der Waals surface area contributed by atoms with Crippen molar-refractivity contribution in [1.29, 1.82) is 0 Å². The van der Waals surface area contributed by atoms with Crippen LogP contribution in [0.1, 0.15) is 37.0 Å². The number of benzene rings is 1. The van der Waals surface area contributed by atoms with Gasteiger partial charge in [-0.1, -0.05) is 37.0 Å². The minimum absolute atomic E-state index is 0.00777. The van der Waals surface area contributed by atoms with E-state index in [-0.39, 0.29) is 17.7 Å². The Kier molecular flexibility index (Phi) is 6.31. The number of nitrogens with one attached hydrogen (secondary N) is 1. The highest BCUT2D eigenvalue weighted by Crippen LogP contribution is 2.25. The summed E-state index contributed by atoms with van der Waals surface area (Å²) < 4.78 is 0. The molecule has 1 heterocycles. The van der Waals surface area contributed by atoms with Crippen LogP contribution in [0.4, 0.5) is 0 Å². The van der Waals surface area contributed by atoms with Gasteiger partial charge in [-0.15, -0.1) is 0 Å². The van der Waals surface area contributed by atoms with Gasteiger partial charge in [0.05, 0.1) is 10.0 Å². The molecule has 1 aliphatic rings. The van der Waals surface area contributed by atoms with Crippen LogP contribution in [-0.2, 0) is 4.79 Å². The Morgan fingerprint density at radius 3 is 2.43 bits per heavy atom. The van der Waals surface area contributed by atoms with Crippen LogP contribution in [0, 0.1) is 11.8 Å². The maximum atomic E-state index is 12.5. The van der Waals surface area contributed by atoms with Crippen molar-refractivity contribution in [2.45, 2.75) is 26.7 Å². The zero-order chi connectivity index (χ0) is 17.0. The average Bonchev–Trinajstić information content (AvgIpc) is 2.54. The summed E-state index contributed by atoms with van der Waals surface area (Å²) in [6.45, 7) is 6.00. The molecule has 0 aromatic heterocycles. The number of hydrogen-bond acceptors (Lipinski definition) is 2. The molecule has 1 aromatic rings. The molecule has 1 fully saturated rings. The van der Waals surface area contributed by atoms with Crippen LogP contribution in [0.5, 0.6) is 0 Å². The van der Waals surface area contributed by atoms with Crippen molar-refractivity contribution < 1.29 is 9.59 Å². The zero-order valence-electron chi connectivity index (χ0n) is 13.4. The maximum absolute atomic E-state index is 12.5. The fraction of sp³-hybridized carbons (Fsp3) is 0.529. The Hall–Kier alpha value is -1.26. The van der Waals surface area contributed by atoms with Crippen molar-refractivity contribution in [3.05, 3.63) is 33.8 Å². The predicted octanol–water partition coefficient (Wildman–Crippen LogP) is 3.62. The quantitative estimate of drug-likeness (QED) is 0.895. The molecular weight excluding hydrogens is 335 g/mol. The van der Waals surface area contributed by atoms with Crippen molar-refractivity contribution in [3.8, 4) is 0 Å². The average molecular weight is 357 g/mol. The summed E-state index contributed by atoms with van der Waals surface area (Å²) in [4.78, 5) is 26.3. The lowest BCUT2D eigenvalue weighted by Gasteiger charge is -2.31. The fourth-order valence-corrected chi connectivity index (χ4v) is 2.90. The van der Waals surface area contributed by atoms with E-state index < -0.39 is 0 Å². The van der Waals surface area contributed by atoms with Crippen LogP contribution >= 0.6 is 23.2 Å². The lowest BCUT2D eigenvalue weighted by molar-refractivity contribution is -0.126. The Balaban J connectivity index is 1.89. The zero-order valence-corrected chi connectivity index (χ0v) is 15.0. The van der Waals surface area contributed by atoms with Crippen molar-refractivity contribution in [3.63, 3.8) is 0 Å². The second-order valence-electron chi connectivity index (χ2n) is 6.33. The van der Waals surface area contributed by atoms with Crippen molar-refractivity contribution in [1.82, 2.24) is 10.2 Å². The number of likely N-dealkylation sites (tertiary alicyclic amines) is 1. The highest BCUT2D eigenvalue weighted by Gasteiger charge is 2.27. The lowest BCUT2D eigenvalue weighted by Crippen LogP contribution is -2.43. The summed E-state index contributed by atoms with van der Waals surface area (Å²) >= 11 is 11.8. The number of amides is 2. The molecule has 4 nitrogen and oxygen atoms in total. The molecule has 6 heteroatoms. The second kappa shape index (κ2) is 8.02. The molecular formula is C17H22Cl2N2O2. The van der Waals surface area contributed by atoms with Gasteiger partial charge in [-0.3, -0.25) is 9.59 Å². The van der Waals surface area contributed by atoms with Crippen molar-refractivity contribution >= 4 is 35.0 Å². The van der Waals surface area contributed by atoms with E-state index in [1.807, 2.05) is 0 Å². The van der Waals surface area contributed by atoms with Gasteiger partial charge < -0.3 is 10.2 Å². The van der Waals surface area contributed by atoms with Crippen LogP contribution in [0.3, 0.4) is 0 Å². The van der Waals surface area contributed by atoms with E-state index in [2.05, 4.69) is 19.2 Å². The molecule has 0 atom stereocenters. The minimum atomic E-state index is -0.0652. The third kappa shape index (κ3) is 4.85. The molecule has 2 rings (SSSR count). The lowest BCUT2D eigenvalue weighted by atomic mass is 9.95. The van der Waals surface area contributed by atoms with Crippen molar-refractivity contribution in [2.75, 3.05) is 19.6 Å². The Morgan fingerprint density at radius 2 is 1.87 bits per heavy atom. The summed E-state index contributed by atoms with van der Waals surface area (Å²) in [6, 6.07) is 4.90. The number of carbonyl (C=O) groups excluding carboxylic acids is 2. The molecule has 0 aliphatic carbocycles. The predicted molar refractivity (Wildman–Crippen MR) is 92.9 cm³/mol. The molecule has 23 heavy (non-hydrogen) atoms. The summed E-state index contributed by atoms with van der Waals surface area (Å²) in [5.41, 5.74) is 0.530. The van der Waals surface area contributed by atoms with Gasteiger partial charge >= 0.3 is 0 Å². The highest BCUT2D eigenvalue weighted by molar-refractivity contribution is 6.42. The van der Waals surface area contributed by atoms with Gasteiger partial charge in [-0.05, 0) is 37.0 Å². The molecule has 1 aliphatic heterocycles. The van der Waals surface area contributed by atoms with Crippen LogP contribution in [0.15, 0.2) is 18.2 Å². The summed E-state index contributed by atoms with van der Waals surface area (Å²) in [5, 5.41) is 3.78. The summed E-state index contributed by atoms with van der Waals surface area (Å²) in [6.07, 6.45) is 1.38. The number of hydrogen-bond donors (Lipinski definition) is 1. The standard InChI is InChI=1S/C17H22Cl2N2O2/c1-11(2)10-20-16(22)12-5-7-21(8-6-12)17(23)13-3-4-14(18)15(19)9-13/h3-4,9,11-12H,5-8,10H2,1-2H3,(H,20,22). The first kappa shape index (κ1) is 18.1. The molecule has 0 bridgehead atoms. The molecule has 0 radical (unpaired) electrons. The Morgan fingerprint density at radius 1 is 1.22 bits per heavy atom. The number of halogens is 2. The van der Waals surface area contributed by atoms with E-state index in [0.717, 1.165) is 0 Å². The number of rotatable bonds is 4. The van der Waals surface area contributed by atoms with Gasteiger partial charge in [-0.2, -0.15) is 0 Å². The Bertz CT molecular complexity index is 582. The third-order valence-electron chi connectivity index (χ3n) is 4.00. The van der Waals surface area contributed by atoms with Gasteiger partial charge in [0.2, 0.25) is 5.91 Å². The van der Waals surface area contributed by atoms with E-state index >= 15 is 0 Å². The third-order valence-corrected chi connectivity index (χ3v) is 4.74. The Labute approximate surface area is 147 Å². The van der Waals surface area contributed by atoms with Crippen molar-refractivity contribution in [2.24, 2.45) is 11.8 Å². The fourth-order valence-electron chi connectivity index (χ4n) is 2.61. The monoisotopic (exact) mass is 356 g/mol. The largest absolute Gasteiger partial charge is 0.356 e. The number of piperidine rings is 1. The van der Waals surface area contributed by atoms with Gasteiger partial charge in [-0.25, -0.2) is 0 Å². The summed E-state index contributed by atoms with van der Waals surface area (Å²) in [5.74, 6) is 0.465. The van der Waals surface area contributed by atoms with E-state index in [9.17, 15) is 9.59 Å². The second-order valence-corrected chi connectivity index (χ2v) is 7.15. The molecule has 2 amide bonds. The minimum Gasteiger partial charge on any atom is -0.356 e. The number of carbonyl (C=O) groups is 2. The molecule has 0 spiro atoms. The first-order chi connectivity index (χ1) is 10.9. The van der Waals surface area contributed by atoms with Gasteiger partial charge in [0.15, 0.2) is 0 Å². The van der Waals surface area contributed by atoms with Crippen LogP contribution in [0.25, 0.3) is 0 Å². The van der Waals surface area contributed by atoms with Gasteiger partial charge in [0, 0.05) is 31.1 Å². The smallest absolute Gasteiger partial charge is 0.253 e. The first-order valence-corrected chi connectivity index (χ1v) is 8.66. The SMILES string of the molecule is CC(C)CNC(=O)C1CCN(C(=O)c2ccc(Cl)c(Cl)c2)CC1. The van der Waals surface area contributed by atoms with E-state index in [0.29, 0.717) is 54.0 Å². The number of nitrogens with zero attached hydrogens (tertiary/aromatic N) is 1. The van der Waals surface area contributed by atoms with E-state index in [1.165, 1.54) is 0 Å². The topological polar surface area (TPSA) is 49.4 Å². The molecule has 1 aromatic carbocycles. The molecule has 0 saturated carbocycles. The molecule has 1 saturated heterocycles.